The van der Waals surface area contributed by atoms with Gasteiger partial charge in [-0.05, 0) is 6.92 Å². The molecule has 0 aromatic carbocycles. The van der Waals surface area contributed by atoms with Gasteiger partial charge in [-0.3, -0.25) is 0 Å². The number of aliphatic hydroxyl groups excluding tert-OH is 2. The van der Waals surface area contributed by atoms with Crippen LogP contribution in [0.1, 0.15) is 6.92 Å². The number of aliphatic hydroxyl groups is 2. The summed E-state index contributed by atoms with van der Waals surface area (Å²) in [6.45, 7) is 4.67. The minimum atomic E-state index is -0.861. The van der Waals surface area contributed by atoms with Gasteiger partial charge in [0.1, 0.15) is 12.2 Å². The van der Waals surface area contributed by atoms with Crippen LogP contribution in [-0.4, -0.2) is 16.3 Å². The molecule has 0 amide bonds. The molecule has 0 heterocycles. The van der Waals surface area contributed by atoms with Crippen LogP contribution in [0.3, 0.4) is 0 Å². The first-order valence-electron chi connectivity index (χ1n) is 2.01. The fourth-order valence-electron chi connectivity index (χ4n) is 0.171. The number of hydrogen-bond donors (Lipinski definition) is 2. The molecule has 0 unspecified atom stereocenters. The molecule has 0 aromatic rings. The SMILES string of the molecule is C=C[C@@H](O)[C](C)O. The van der Waals surface area contributed by atoms with Crippen LogP contribution >= 0.6 is 0 Å². The first-order valence-corrected chi connectivity index (χ1v) is 2.01. The van der Waals surface area contributed by atoms with Gasteiger partial charge in [-0.2, -0.15) is 0 Å². The van der Waals surface area contributed by atoms with Crippen molar-refractivity contribution < 1.29 is 10.2 Å². The van der Waals surface area contributed by atoms with Gasteiger partial charge in [0.25, 0.3) is 0 Å². The third-order valence-electron chi connectivity index (χ3n) is 0.651. The van der Waals surface area contributed by atoms with Crippen molar-refractivity contribution in [2.45, 2.75) is 13.0 Å². The molecule has 2 N–H and O–H groups in total. The van der Waals surface area contributed by atoms with Crippen molar-refractivity contribution in [3.8, 4) is 0 Å². The van der Waals surface area contributed by atoms with Gasteiger partial charge in [-0.25, -0.2) is 0 Å². The Morgan fingerprint density at radius 1 is 1.86 bits per heavy atom. The van der Waals surface area contributed by atoms with E-state index in [9.17, 15) is 0 Å². The van der Waals surface area contributed by atoms with Gasteiger partial charge in [-0.15, -0.1) is 6.58 Å². The molecule has 7 heavy (non-hydrogen) atoms. The summed E-state index contributed by atoms with van der Waals surface area (Å²) in [7, 11) is 0. The predicted octanol–water partition coefficient (Wildman–Crippen LogP) is 0.458. The highest BCUT2D eigenvalue weighted by atomic mass is 16.3. The fourth-order valence-corrected chi connectivity index (χ4v) is 0.171. The van der Waals surface area contributed by atoms with Crippen LogP contribution in [0.2, 0.25) is 0 Å². The van der Waals surface area contributed by atoms with Gasteiger partial charge >= 0.3 is 0 Å². The van der Waals surface area contributed by atoms with Crippen LogP contribution in [0, 0.1) is 6.10 Å². The van der Waals surface area contributed by atoms with Crippen molar-refractivity contribution in [3.05, 3.63) is 18.8 Å². The zero-order valence-corrected chi connectivity index (χ0v) is 4.26. The number of rotatable bonds is 2. The van der Waals surface area contributed by atoms with Crippen LogP contribution in [0.25, 0.3) is 0 Å². The van der Waals surface area contributed by atoms with E-state index in [0.717, 1.165) is 0 Å². The molecule has 0 bridgehead atoms. The quantitative estimate of drug-likeness (QED) is 0.496. The fraction of sp³-hybridized carbons (Fsp3) is 0.400. The summed E-state index contributed by atoms with van der Waals surface area (Å²) in [6, 6.07) is 0. The summed E-state index contributed by atoms with van der Waals surface area (Å²) in [4.78, 5) is 0. The second-order valence-corrected chi connectivity index (χ2v) is 1.32. The highest BCUT2D eigenvalue weighted by Gasteiger charge is 2.04. The zero-order valence-electron chi connectivity index (χ0n) is 4.26. The van der Waals surface area contributed by atoms with E-state index in [2.05, 4.69) is 6.58 Å². The van der Waals surface area contributed by atoms with E-state index in [-0.39, 0.29) is 6.10 Å². The molecule has 2 heteroatoms. The van der Waals surface area contributed by atoms with Crippen LogP contribution in [0.5, 0.6) is 0 Å². The Bertz CT molecular complexity index is 59.1. The molecule has 0 saturated carbocycles. The summed E-state index contributed by atoms with van der Waals surface area (Å²) in [6.07, 6.45) is 0.380. The molecule has 41 valence electrons. The Morgan fingerprint density at radius 2 is 2.29 bits per heavy atom. The van der Waals surface area contributed by atoms with Gasteiger partial charge in [0.05, 0.1) is 0 Å². The average Bonchev–Trinajstić information content (AvgIpc) is 1.65. The molecule has 1 atom stereocenters. The third-order valence-corrected chi connectivity index (χ3v) is 0.651. The maximum absolute atomic E-state index is 8.53. The van der Waals surface area contributed by atoms with Crippen molar-refractivity contribution >= 4 is 0 Å². The van der Waals surface area contributed by atoms with Crippen LogP contribution < -0.4 is 0 Å². The minimum Gasteiger partial charge on any atom is -0.386 e. The van der Waals surface area contributed by atoms with Crippen LogP contribution in [0.15, 0.2) is 12.7 Å². The summed E-state index contributed by atoms with van der Waals surface area (Å²) in [5.74, 6) is 0. The Labute approximate surface area is 43.1 Å². The molecule has 0 fully saturated rings. The van der Waals surface area contributed by atoms with Gasteiger partial charge < -0.3 is 10.2 Å². The molecule has 2 nitrogen and oxygen atoms in total. The molecule has 0 saturated heterocycles. The van der Waals surface area contributed by atoms with Crippen LogP contribution in [-0.2, 0) is 0 Å². The molecule has 0 aromatic heterocycles. The summed E-state index contributed by atoms with van der Waals surface area (Å²) >= 11 is 0. The largest absolute Gasteiger partial charge is 0.386 e. The van der Waals surface area contributed by atoms with Crippen molar-refractivity contribution in [2.24, 2.45) is 0 Å². The average molecular weight is 101 g/mol. The summed E-state index contributed by atoms with van der Waals surface area (Å²) in [5, 5.41) is 16.9. The molecule has 0 aliphatic carbocycles. The van der Waals surface area contributed by atoms with Gasteiger partial charge in [0, 0.05) is 0 Å². The maximum Gasteiger partial charge on any atom is 0.122 e. The number of hydrogen-bond acceptors (Lipinski definition) is 2. The predicted molar refractivity (Wildman–Crippen MR) is 27.1 cm³/mol. The molecule has 0 aliphatic heterocycles. The lowest BCUT2D eigenvalue weighted by Gasteiger charge is -2.03. The van der Waals surface area contributed by atoms with Gasteiger partial charge in [0.15, 0.2) is 0 Å². The Balaban J connectivity index is 3.33. The molecule has 0 rings (SSSR count). The van der Waals surface area contributed by atoms with E-state index >= 15 is 0 Å². The van der Waals surface area contributed by atoms with E-state index < -0.39 is 6.10 Å². The van der Waals surface area contributed by atoms with Gasteiger partial charge in [-0.1, -0.05) is 6.08 Å². The highest BCUT2D eigenvalue weighted by molar-refractivity contribution is 4.92. The monoisotopic (exact) mass is 101 g/mol. The lowest BCUT2D eigenvalue weighted by molar-refractivity contribution is 0.140. The maximum atomic E-state index is 8.53. The second kappa shape index (κ2) is 2.77. The molecular weight excluding hydrogens is 92.1 g/mol. The third kappa shape index (κ3) is 2.37. The van der Waals surface area contributed by atoms with E-state index in [1.807, 2.05) is 0 Å². The Hall–Kier alpha value is -0.340. The van der Waals surface area contributed by atoms with Crippen molar-refractivity contribution in [2.75, 3.05) is 0 Å². The summed E-state index contributed by atoms with van der Waals surface area (Å²) < 4.78 is 0. The Morgan fingerprint density at radius 3 is 2.29 bits per heavy atom. The van der Waals surface area contributed by atoms with Crippen molar-refractivity contribution in [3.63, 3.8) is 0 Å². The molecule has 0 aliphatic rings. The topological polar surface area (TPSA) is 40.5 Å². The van der Waals surface area contributed by atoms with Crippen molar-refractivity contribution in [1.29, 1.82) is 0 Å². The lowest BCUT2D eigenvalue weighted by atomic mass is 10.2. The smallest absolute Gasteiger partial charge is 0.122 e. The lowest BCUT2D eigenvalue weighted by Crippen LogP contribution is -2.10. The standard InChI is InChI=1S/C5H9O2/c1-3-5(7)4(2)6/h3,5-7H,1H2,2H3/t5-/m1/s1. The molecule has 0 spiro atoms. The normalized spacial score (nSPS) is 14.3. The highest BCUT2D eigenvalue weighted by Crippen LogP contribution is 1.98. The van der Waals surface area contributed by atoms with Crippen molar-refractivity contribution in [1.82, 2.24) is 0 Å². The molecule has 1 radical (unpaired) electrons. The van der Waals surface area contributed by atoms with E-state index in [1.165, 1.54) is 13.0 Å². The van der Waals surface area contributed by atoms with E-state index in [4.69, 9.17) is 10.2 Å². The van der Waals surface area contributed by atoms with Gasteiger partial charge in [0.2, 0.25) is 0 Å². The van der Waals surface area contributed by atoms with E-state index in [0.29, 0.717) is 0 Å². The van der Waals surface area contributed by atoms with Crippen LogP contribution in [0.4, 0.5) is 0 Å². The first-order chi connectivity index (χ1) is 3.18. The first kappa shape index (κ1) is 6.66. The zero-order chi connectivity index (χ0) is 5.86. The minimum absolute atomic E-state index is 0.0185. The molecular formula is C5H9O2. The van der Waals surface area contributed by atoms with E-state index in [1.54, 1.807) is 0 Å². The Kier molecular flexibility index (Phi) is 2.64. The second-order valence-electron chi connectivity index (χ2n) is 1.32. The summed E-state index contributed by atoms with van der Waals surface area (Å²) in [5.41, 5.74) is 0.